The van der Waals surface area contributed by atoms with Gasteiger partial charge in [0.1, 0.15) is 5.82 Å². The molecule has 0 N–H and O–H groups in total. The lowest BCUT2D eigenvalue weighted by Gasteiger charge is -2.32. The first kappa shape index (κ1) is 20.7. The van der Waals surface area contributed by atoms with Gasteiger partial charge in [0.05, 0.1) is 23.7 Å². The van der Waals surface area contributed by atoms with Gasteiger partial charge in [0.2, 0.25) is 0 Å². The second-order valence-electron chi connectivity index (χ2n) is 7.27. The first-order valence-corrected chi connectivity index (χ1v) is 9.39. The van der Waals surface area contributed by atoms with Gasteiger partial charge in [-0.3, -0.25) is 4.79 Å². The van der Waals surface area contributed by atoms with E-state index in [4.69, 9.17) is 14.6 Å². The summed E-state index contributed by atoms with van der Waals surface area (Å²) in [6.07, 6.45) is 1.94. The van der Waals surface area contributed by atoms with Crippen molar-refractivity contribution in [1.82, 2.24) is 0 Å². The average Bonchev–Trinajstić information content (AvgIpc) is 2.74. The van der Waals surface area contributed by atoms with Crippen LogP contribution < -0.4 is 0 Å². The van der Waals surface area contributed by atoms with E-state index in [1.807, 2.05) is 27.7 Å². The molecule has 4 nitrogen and oxygen atoms in total. The minimum absolute atomic E-state index is 0.0242. The van der Waals surface area contributed by atoms with E-state index in [1.54, 1.807) is 12.1 Å². The number of carbonyl (C=O) groups is 1. The average molecular weight is 375 g/mol. The fraction of sp³-hybridized carbons (Fsp3) is 0.474. The monoisotopic (exact) mass is 375 g/mol. The minimum Gasteiger partial charge on any atom is -0.400 e. The highest BCUT2D eigenvalue weighted by atomic mass is 32.2. The Morgan fingerprint density at radius 1 is 1.31 bits per heavy atom. The fourth-order valence-electron chi connectivity index (χ4n) is 2.50. The first-order valence-electron chi connectivity index (χ1n) is 8.40. The van der Waals surface area contributed by atoms with Crippen molar-refractivity contribution in [3.63, 3.8) is 0 Å². The maximum Gasteiger partial charge on any atom is 0.491 e. The van der Waals surface area contributed by atoms with Crippen molar-refractivity contribution in [1.29, 1.82) is 5.26 Å². The van der Waals surface area contributed by atoms with Crippen LogP contribution in [-0.4, -0.2) is 29.2 Å². The molecule has 0 spiro atoms. The molecular formula is C19H23BFNO3S. The van der Waals surface area contributed by atoms with Gasteiger partial charge in [0.25, 0.3) is 0 Å². The number of halogens is 1. The Labute approximate surface area is 158 Å². The van der Waals surface area contributed by atoms with Crippen LogP contribution in [0.25, 0.3) is 6.08 Å². The van der Waals surface area contributed by atoms with Gasteiger partial charge in [-0.05, 0) is 56.4 Å². The van der Waals surface area contributed by atoms with Crippen molar-refractivity contribution in [3.8, 4) is 6.07 Å². The van der Waals surface area contributed by atoms with Gasteiger partial charge in [-0.15, -0.1) is 0 Å². The lowest BCUT2D eigenvalue weighted by atomic mass is 9.78. The molecule has 138 valence electrons. The van der Waals surface area contributed by atoms with E-state index in [0.717, 1.165) is 22.8 Å². The highest BCUT2D eigenvalue weighted by molar-refractivity contribution is 8.13. The maximum absolute atomic E-state index is 13.7. The number of benzene rings is 1. The van der Waals surface area contributed by atoms with Gasteiger partial charge in [-0.25, -0.2) is 4.39 Å². The third kappa shape index (κ3) is 4.76. The molecule has 1 saturated heterocycles. The summed E-state index contributed by atoms with van der Waals surface area (Å²) in [6, 6.07) is 6.41. The van der Waals surface area contributed by atoms with E-state index in [-0.39, 0.29) is 17.4 Å². The standard InChI is InChI=1S/C19H23BFNO3S/c1-13(23)26-12-16(20-24-18(2,3)19(4,5)25-20)10-15-11-17(21)7-6-14(15)8-9-22/h6-7,10-11H,8,12H2,1-5H3. The van der Waals surface area contributed by atoms with E-state index in [1.165, 1.54) is 19.1 Å². The van der Waals surface area contributed by atoms with E-state index >= 15 is 0 Å². The number of hydrogen-bond donors (Lipinski definition) is 0. The lowest BCUT2D eigenvalue weighted by molar-refractivity contribution is -0.109. The summed E-state index contributed by atoms with van der Waals surface area (Å²) in [6.45, 7) is 9.30. The Hall–Kier alpha value is -1.62. The highest BCUT2D eigenvalue weighted by Crippen LogP contribution is 2.39. The van der Waals surface area contributed by atoms with E-state index in [0.29, 0.717) is 11.3 Å². The Morgan fingerprint density at radius 2 is 1.92 bits per heavy atom. The van der Waals surface area contributed by atoms with Gasteiger partial charge in [-0.1, -0.05) is 23.9 Å². The molecule has 1 fully saturated rings. The number of thioether (sulfide) groups is 1. The topological polar surface area (TPSA) is 59.3 Å². The number of nitriles is 1. The van der Waals surface area contributed by atoms with Crippen molar-refractivity contribution in [2.24, 2.45) is 0 Å². The molecule has 0 radical (unpaired) electrons. The van der Waals surface area contributed by atoms with Gasteiger partial charge in [0, 0.05) is 12.7 Å². The molecule has 2 rings (SSSR count). The summed E-state index contributed by atoms with van der Waals surface area (Å²) >= 11 is 1.14. The fourth-order valence-corrected chi connectivity index (χ4v) is 3.09. The molecule has 26 heavy (non-hydrogen) atoms. The molecule has 1 aromatic carbocycles. The summed E-state index contributed by atoms with van der Waals surface area (Å²) < 4.78 is 25.9. The van der Waals surface area contributed by atoms with E-state index in [2.05, 4.69) is 6.07 Å². The van der Waals surface area contributed by atoms with E-state index in [9.17, 15) is 9.18 Å². The van der Waals surface area contributed by atoms with Crippen molar-refractivity contribution in [2.45, 2.75) is 52.2 Å². The van der Waals surface area contributed by atoms with Crippen LogP contribution in [0.4, 0.5) is 4.39 Å². The molecule has 1 aliphatic rings. The largest absolute Gasteiger partial charge is 0.491 e. The quantitative estimate of drug-likeness (QED) is 0.723. The smallest absolute Gasteiger partial charge is 0.400 e. The molecule has 0 saturated carbocycles. The molecule has 1 aliphatic heterocycles. The van der Waals surface area contributed by atoms with Crippen LogP contribution in [0.3, 0.4) is 0 Å². The third-order valence-corrected chi connectivity index (χ3v) is 5.60. The number of hydrogen-bond acceptors (Lipinski definition) is 5. The molecule has 7 heteroatoms. The maximum atomic E-state index is 13.7. The van der Waals surface area contributed by atoms with Gasteiger partial charge in [-0.2, -0.15) is 5.26 Å². The molecular weight excluding hydrogens is 352 g/mol. The van der Waals surface area contributed by atoms with E-state index < -0.39 is 18.3 Å². The molecule has 0 bridgehead atoms. The zero-order chi connectivity index (χ0) is 19.5. The number of carbonyl (C=O) groups excluding carboxylic acids is 1. The van der Waals surface area contributed by atoms with Crippen molar-refractivity contribution in [2.75, 3.05) is 5.75 Å². The predicted molar refractivity (Wildman–Crippen MR) is 103 cm³/mol. The van der Waals surface area contributed by atoms with Crippen molar-refractivity contribution in [3.05, 3.63) is 40.6 Å². The Kier molecular flexibility index (Phi) is 6.33. The molecule has 0 unspecified atom stereocenters. The minimum atomic E-state index is -0.634. The van der Waals surface area contributed by atoms with Crippen LogP contribution in [0, 0.1) is 17.1 Å². The highest BCUT2D eigenvalue weighted by Gasteiger charge is 2.52. The molecule has 0 aliphatic carbocycles. The molecule has 0 atom stereocenters. The van der Waals surface area contributed by atoms with Crippen LogP contribution in [0.2, 0.25) is 0 Å². The second-order valence-corrected chi connectivity index (χ2v) is 8.42. The Morgan fingerprint density at radius 3 is 2.46 bits per heavy atom. The number of rotatable bonds is 5. The first-order chi connectivity index (χ1) is 12.1. The van der Waals surface area contributed by atoms with Crippen LogP contribution in [0.1, 0.15) is 45.7 Å². The van der Waals surface area contributed by atoms with Crippen molar-refractivity contribution < 1.29 is 18.5 Å². The van der Waals surface area contributed by atoms with Crippen molar-refractivity contribution >= 4 is 30.1 Å². The second kappa shape index (κ2) is 7.95. The predicted octanol–water partition coefficient (Wildman–Crippen LogP) is 4.19. The third-order valence-electron chi connectivity index (χ3n) is 4.72. The SMILES string of the molecule is CC(=O)SCC(=Cc1cc(F)ccc1CC#N)B1OC(C)(C)C(C)(C)O1. The number of nitrogens with zero attached hydrogens (tertiary/aromatic N) is 1. The van der Waals surface area contributed by atoms with Crippen LogP contribution in [0.5, 0.6) is 0 Å². The van der Waals surface area contributed by atoms with Gasteiger partial charge in [0.15, 0.2) is 5.12 Å². The van der Waals surface area contributed by atoms with Gasteiger partial charge >= 0.3 is 7.12 Å². The normalized spacial score (nSPS) is 18.7. The van der Waals surface area contributed by atoms with Gasteiger partial charge < -0.3 is 9.31 Å². The van der Waals surface area contributed by atoms with Crippen LogP contribution in [-0.2, 0) is 20.5 Å². The zero-order valence-electron chi connectivity index (χ0n) is 15.8. The summed E-state index contributed by atoms with van der Waals surface area (Å²) in [4.78, 5) is 11.4. The molecule has 0 amide bonds. The molecule has 1 aromatic rings. The summed E-state index contributed by atoms with van der Waals surface area (Å²) in [7, 11) is -0.634. The zero-order valence-corrected chi connectivity index (χ0v) is 16.6. The summed E-state index contributed by atoms with van der Waals surface area (Å²) in [5.41, 5.74) is 1.01. The summed E-state index contributed by atoms with van der Waals surface area (Å²) in [5.74, 6) is -0.0142. The summed E-state index contributed by atoms with van der Waals surface area (Å²) in [5, 5.41) is 8.99. The molecule has 0 aromatic heterocycles. The Bertz CT molecular complexity index is 755. The van der Waals surface area contributed by atoms with Crippen LogP contribution in [0.15, 0.2) is 23.7 Å². The lowest BCUT2D eigenvalue weighted by Crippen LogP contribution is -2.41. The molecule has 1 heterocycles. The Balaban J connectivity index is 2.43. The van der Waals surface area contributed by atoms with Crippen LogP contribution >= 0.6 is 11.8 Å².